The van der Waals surface area contributed by atoms with Crippen LogP contribution in [0.1, 0.15) is 33.1 Å². The molecule has 2 rings (SSSR count). The maximum Gasteiger partial charge on any atom is 0.320 e. The van der Waals surface area contributed by atoms with Gasteiger partial charge in [-0.1, -0.05) is 6.92 Å². The van der Waals surface area contributed by atoms with Crippen molar-refractivity contribution in [1.82, 2.24) is 9.80 Å². The zero-order valence-corrected chi connectivity index (χ0v) is 12.2. The van der Waals surface area contributed by atoms with E-state index in [4.69, 9.17) is 9.84 Å². The third-order valence-corrected chi connectivity index (χ3v) is 4.17. The van der Waals surface area contributed by atoms with E-state index in [2.05, 4.69) is 13.8 Å². The van der Waals surface area contributed by atoms with Gasteiger partial charge in [-0.05, 0) is 25.7 Å². The van der Waals surface area contributed by atoms with Crippen LogP contribution in [0.5, 0.6) is 0 Å². The molecule has 0 aromatic heterocycles. The van der Waals surface area contributed by atoms with Crippen LogP contribution in [0.4, 0.5) is 4.79 Å². The second-order valence-corrected chi connectivity index (χ2v) is 6.00. The first-order valence-electron chi connectivity index (χ1n) is 7.36. The summed E-state index contributed by atoms with van der Waals surface area (Å²) in [5.74, 6) is -0.352. The van der Waals surface area contributed by atoms with Crippen molar-refractivity contribution in [3.63, 3.8) is 0 Å². The van der Waals surface area contributed by atoms with Gasteiger partial charge in [-0.15, -0.1) is 0 Å². The summed E-state index contributed by atoms with van der Waals surface area (Å²) in [4.78, 5) is 27.0. The average molecular weight is 284 g/mol. The Hall–Kier alpha value is -1.30. The summed E-state index contributed by atoms with van der Waals surface area (Å²) in [6.45, 7) is 6.38. The molecule has 6 heteroatoms. The van der Waals surface area contributed by atoms with Crippen molar-refractivity contribution in [2.75, 3.05) is 26.2 Å². The number of rotatable bonds is 2. The fourth-order valence-electron chi connectivity index (χ4n) is 2.95. The van der Waals surface area contributed by atoms with Gasteiger partial charge >= 0.3 is 12.0 Å². The van der Waals surface area contributed by atoms with Crippen molar-refractivity contribution in [2.45, 2.75) is 45.3 Å². The Labute approximate surface area is 119 Å². The van der Waals surface area contributed by atoms with Crippen LogP contribution in [-0.4, -0.2) is 65.3 Å². The van der Waals surface area contributed by atoms with Crippen LogP contribution in [0.25, 0.3) is 0 Å². The lowest BCUT2D eigenvalue weighted by molar-refractivity contribution is -0.141. The van der Waals surface area contributed by atoms with E-state index in [1.54, 1.807) is 4.90 Å². The van der Waals surface area contributed by atoms with E-state index in [1.807, 2.05) is 4.90 Å². The molecule has 0 bridgehead atoms. The van der Waals surface area contributed by atoms with Crippen molar-refractivity contribution in [1.29, 1.82) is 0 Å². The molecule has 0 aromatic rings. The molecule has 0 aromatic carbocycles. The Balaban J connectivity index is 1.95. The lowest BCUT2D eigenvalue weighted by Crippen LogP contribution is -2.55. The summed E-state index contributed by atoms with van der Waals surface area (Å²) < 4.78 is 5.41. The van der Waals surface area contributed by atoms with Gasteiger partial charge < -0.3 is 19.6 Å². The van der Waals surface area contributed by atoms with E-state index >= 15 is 0 Å². The molecule has 1 N–H and O–H groups in total. The van der Waals surface area contributed by atoms with Crippen molar-refractivity contribution in [3.05, 3.63) is 0 Å². The minimum atomic E-state index is -0.885. The van der Waals surface area contributed by atoms with Crippen LogP contribution < -0.4 is 0 Å². The normalized spacial score (nSPS) is 31.2. The van der Waals surface area contributed by atoms with Gasteiger partial charge in [0.15, 0.2) is 0 Å². The second kappa shape index (κ2) is 6.43. The quantitative estimate of drug-likeness (QED) is 0.832. The van der Waals surface area contributed by atoms with Crippen LogP contribution in [-0.2, 0) is 9.53 Å². The number of nitrogens with zero attached hydrogens (tertiary/aromatic N) is 2. The van der Waals surface area contributed by atoms with Gasteiger partial charge in [0.2, 0.25) is 0 Å². The predicted octanol–water partition coefficient (Wildman–Crippen LogP) is 1.40. The Morgan fingerprint density at radius 1 is 1.25 bits per heavy atom. The maximum absolute atomic E-state index is 12.6. The van der Waals surface area contributed by atoms with Gasteiger partial charge in [-0.25, -0.2) is 4.79 Å². The largest absolute Gasteiger partial charge is 0.481 e. The number of carboxylic acids is 1. The van der Waals surface area contributed by atoms with Crippen LogP contribution in [0.3, 0.4) is 0 Å². The fraction of sp³-hybridized carbons (Fsp3) is 0.857. The van der Waals surface area contributed by atoms with Crippen molar-refractivity contribution >= 4 is 12.0 Å². The molecule has 3 atom stereocenters. The molecule has 0 spiro atoms. The molecule has 2 saturated heterocycles. The van der Waals surface area contributed by atoms with E-state index in [1.165, 1.54) is 0 Å². The summed E-state index contributed by atoms with van der Waals surface area (Å²) in [6.07, 6.45) is 1.77. The van der Waals surface area contributed by atoms with Crippen molar-refractivity contribution in [2.24, 2.45) is 5.92 Å². The number of piperidine rings is 1. The highest BCUT2D eigenvalue weighted by Crippen LogP contribution is 2.23. The smallest absolute Gasteiger partial charge is 0.320 e. The first-order chi connectivity index (χ1) is 9.47. The number of carbonyl (C=O) groups is 2. The predicted molar refractivity (Wildman–Crippen MR) is 73.5 cm³/mol. The number of hydrogen-bond acceptors (Lipinski definition) is 3. The summed E-state index contributed by atoms with van der Waals surface area (Å²) in [5, 5.41) is 8.82. The fourth-order valence-corrected chi connectivity index (χ4v) is 2.95. The van der Waals surface area contributed by atoms with E-state index < -0.39 is 5.97 Å². The van der Waals surface area contributed by atoms with E-state index in [-0.39, 0.29) is 24.6 Å². The standard InChI is InChI=1S/C14H24N2O4/c1-10-3-4-11(2)16(8-10)14(19)15-5-6-20-12(9-15)7-13(17)18/h10-12H,3-9H2,1-2H3,(H,17,18). The second-order valence-electron chi connectivity index (χ2n) is 6.00. The number of ether oxygens (including phenoxy) is 1. The molecule has 20 heavy (non-hydrogen) atoms. The lowest BCUT2D eigenvalue weighted by Gasteiger charge is -2.42. The highest BCUT2D eigenvalue weighted by Gasteiger charge is 2.33. The third-order valence-electron chi connectivity index (χ3n) is 4.17. The van der Waals surface area contributed by atoms with Gasteiger partial charge in [0.25, 0.3) is 0 Å². The summed E-state index contributed by atoms with van der Waals surface area (Å²) >= 11 is 0. The minimum absolute atomic E-state index is 0.0303. The first-order valence-corrected chi connectivity index (χ1v) is 7.36. The van der Waals surface area contributed by atoms with Crippen molar-refractivity contribution < 1.29 is 19.4 Å². The molecule has 2 amide bonds. The minimum Gasteiger partial charge on any atom is -0.481 e. The summed E-state index contributed by atoms with van der Waals surface area (Å²) in [5.41, 5.74) is 0. The highest BCUT2D eigenvalue weighted by molar-refractivity contribution is 5.75. The lowest BCUT2D eigenvalue weighted by atomic mass is 9.95. The van der Waals surface area contributed by atoms with Crippen LogP contribution in [0.15, 0.2) is 0 Å². The molecule has 0 radical (unpaired) electrons. The molecule has 2 aliphatic heterocycles. The number of aliphatic carboxylic acids is 1. The van der Waals surface area contributed by atoms with E-state index in [0.29, 0.717) is 25.6 Å². The van der Waals surface area contributed by atoms with Crippen molar-refractivity contribution in [3.8, 4) is 0 Å². The zero-order valence-electron chi connectivity index (χ0n) is 12.2. The summed E-state index contributed by atoms with van der Waals surface area (Å²) in [7, 11) is 0. The number of morpholine rings is 1. The van der Waals surface area contributed by atoms with Crippen LogP contribution >= 0.6 is 0 Å². The summed E-state index contributed by atoms with van der Waals surface area (Å²) in [6, 6.07) is 0.294. The molecule has 3 unspecified atom stereocenters. The van der Waals surface area contributed by atoms with Gasteiger partial charge in [0.1, 0.15) is 0 Å². The highest BCUT2D eigenvalue weighted by atomic mass is 16.5. The molecular formula is C14H24N2O4. The van der Waals surface area contributed by atoms with Gasteiger partial charge in [0, 0.05) is 25.7 Å². The average Bonchev–Trinajstić information content (AvgIpc) is 2.40. The number of amides is 2. The molecule has 0 saturated carbocycles. The molecule has 2 fully saturated rings. The van der Waals surface area contributed by atoms with Gasteiger partial charge in [0.05, 0.1) is 19.1 Å². The Bertz CT molecular complexity index is 374. The molecule has 114 valence electrons. The molecule has 2 aliphatic rings. The Morgan fingerprint density at radius 3 is 2.70 bits per heavy atom. The van der Waals surface area contributed by atoms with Gasteiger partial charge in [-0.3, -0.25) is 4.79 Å². The molecule has 6 nitrogen and oxygen atoms in total. The number of urea groups is 1. The van der Waals surface area contributed by atoms with Crippen LogP contribution in [0.2, 0.25) is 0 Å². The number of carbonyl (C=O) groups excluding carboxylic acids is 1. The number of likely N-dealkylation sites (tertiary alicyclic amines) is 1. The van der Waals surface area contributed by atoms with Gasteiger partial charge in [-0.2, -0.15) is 0 Å². The molecule has 2 heterocycles. The SMILES string of the molecule is CC1CCC(C)N(C(=O)N2CCOC(CC(=O)O)C2)C1. The van der Waals surface area contributed by atoms with E-state index in [0.717, 1.165) is 19.4 Å². The molecule has 0 aliphatic carbocycles. The Kier molecular flexibility index (Phi) is 4.86. The number of hydrogen-bond donors (Lipinski definition) is 1. The van der Waals surface area contributed by atoms with E-state index in [9.17, 15) is 9.59 Å². The molecular weight excluding hydrogens is 260 g/mol. The maximum atomic E-state index is 12.6. The van der Waals surface area contributed by atoms with Crippen LogP contribution in [0, 0.1) is 5.92 Å². The first kappa shape index (κ1) is 15.1. The number of carboxylic acid groups (broad SMARTS) is 1. The third kappa shape index (κ3) is 3.62. The Morgan fingerprint density at radius 2 is 2.00 bits per heavy atom. The monoisotopic (exact) mass is 284 g/mol. The zero-order chi connectivity index (χ0) is 14.7. The topological polar surface area (TPSA) is 70.1 Å².